The zero-order chi connectivity index (χ0) is 10.8. The number of rotatable bonds is 7. The lowest BCUT2D eigenvalue weighted by Gasteiger charge is -2.00. The molecule has 0 radical (unpaired) electrons. The van der Waals surface area contributed by atoms with Crippen molar-refractivity contribution in [2.45, 2.75) is 59.3 Å². The molecule has 0 bridgehead atoms. The number of unbranched alkanes of at least 4 members (excludes halogenated alkanes) is 4. The summed E-state index contributed by atoms with van der Waals surface area (Å²) in [6, 6.07) is 0. The van der Waals surface area contributed by atoms with Crippen molar-refractivity contribution in [1.29, 1.82) is 0 Å². The summed E-state index contributed by atoms with van der Waals surface area (Å²) in [6.07, 6.45) is 6.47. The second-order valence-electron chi connectivity index (χ2n) is 3.76. The second-order valence-corrected chi connectivity index (χ2v) is 3.76. The highest BCUT2D eigenvalue weighted by Gasteiger charge is 1.98. The second kappa shape index (κ2) is 8.73. The average molecular weight is 198 g/mol. The Kier molecular flexibility index (Phi) is 8.19. The Morgan fingerprint density at radius 1 is 1.14 bits per heavy atom. The van der Waals surface area contributed by atoms with Crippen molar-refractivity contribution in [3.05, 3.63) is 0 Å². The van der Waals surface area contributed by atoms with Crippen molar-refractivity contribution < 1.29 is 4.79 Å². The van der Waals surface area contributed by atoms with Gasteiger partial charge < -0.3 is 0 Å². The van der Waals surface area contributed by atoms with Crippen molar-refractivity contribution in [2.75, 3.05) is 0 Å². The molecule has 0 aromatic heterocycles. The van der Waals surface area contributed by atoms with Gasteiger partial charge in [0, 0.05) is 12.1 Å². The molecule has 14 heavy (non-hydrogen) atoms. The van der Waals surface area contributed by atoms with Crippen LogP contribution in [-0.4, -0.2) is 11.6 Å². The molecule has 82 valence electrons. The Bertz CT molecular complexity index is 184. The maximum atomic E-state index is 11.2. The standard InChI is InChI=1S/C11H22N2O/c1-4-5-6-7-8-9-11(14)13-12-10(2)3/h4-9H2,1-3H3,(H,13,14). The van der Waals surface area contributed by atoms with Crippen LogP contribution >= 0.6 is 0 Å². The van der Waals surface area contributed by atoms with E-state index in [0.717, 1.165) is 18.6 Å². The first-order valence-electron chi connectivity index (χ1n) is 5.46. The third kappa shape index (κ3) is 9.23. The maximum absolute atomic E-state index is 11.2. The summed E-state index contributed by atoms with van der Waals surface area (Å²) in [6.45, 7) is 5.91. The molecule has 1 amide bonds. The summed E-state index contributed by atoms with van der Waals surface area (Å²) in [5, 5.41) is 3.86. The predicted octanol–water partition coefficient (Wildman–Crippen LogP) is 2.86. The minimum atomic E-state index is 0.0303. The number of carbonyl (C=O) groups is 1. The van der Waals surface area contributed by atoms with E-state index in [1.165, 1.54) is 19.3 Å². The molecule has 0 spiro atoms. The molecule has 0 aliphatic carbocycles. The maximum Gasteiger partial charge on any atom is 0.240 e. The van der Waals surface area contributed by atoms with E-state index in [9.17, 15) is 4.79 Å². The molecular weight excluding hydrogens is 176 g/mol. The summed E-state index contributed by atoms with van der Waals surface area (Å²) < 4.78 is 0. The number of nitrogens with zero attached hydrogens (tertiary/aromatic N) is 1. The van der Waals surface area contributed by atoms with E-state index in [4.69, 9.17) is 0 Å². The van der Waals surface area contributed by atoms with Crippen LogP contribution in [0, 0.1) is 0 Å². The molecule has 0 rings (SSSR count). The van der Waals surface area contributed by atoms with Gasteiger partial charge in [-0.15, -0.1) is 0 Å². The molecule has 0 atom stereocenters. The zero-order valence-corrected chi connectivity index (χ0v) is 9.60. The molecule has 0 heterocycles. The van der Waals surface area contributed by atoms with Crippen LogP contribution in [0.3, 0.4) is 0 Å². The molecule has 0 unspecified atom stereocenters. The van der Waals surface area contributed by atoms with Gasteiger partial charge in [-0.3, -0.25) is 4.79 Å². The van der Waals surface area contributed by atoms with Gasteiger partial charge in [0.2, 0.25) is 5.91 Å². The average Bonchev–Trinajstić information content (AvgIpc) is 2.14. The number of hydrogen-bond donors (Lipinski definition) is 1. The topological polar surface area (TPSA) is 41.5 Å². The van der Waals surface area contributed by atoms with Crippen LogP contribution in [0.25, 0.3) is 0 Å². The quantitative estimate of drug-likeness (QED) is 0.381. The summed E-state index contributed by atoms with van der Waals surface area (Å²) >= 11 is 0. The van der Waals surface area contributed by atoms with Crippen LogP contribution in [0.15, 0.2) is 5.10 Å². The van der Waals surface area contributed by atoms with Gasteiger partial charge in [-0.2, -0.15) is 5.10 Å². The number of hydrazone groups is 1. The number of amides is 1. The minimum absolute atomic E-state index is 0.0303. The summed E-state index contributed by atoms with van der Waals surface area (Å²) in [7, 11) is 0. The normalized spacial score (nSPS) is 9.64. The van der Waals surface area contributed by atoms with Gasteiger partial charge in [-0.25, -0.2) is 5.43 Å². The van der Waals surface area contributed by atoms with E-state index in [-0.39, 0.29) is 5.91 Å². The first kappa shape index (κ1) is 13.1. The molecule has 0 aromatic rings. The molecule has 0 saturated heterocycles. The molecule has 0 aromatic carbocycles. The molecular formula is C11H22N2O. The smallest absolute Gasteiger partial charge is 0.240 e. The Labute approximate surface area is 87.0 Å². The lowest BCUT2D eigenvalue weighted by Crippen LogP contribution is -2.17. The number of nitrogens with one attached hydrogen (secondary N) is 1. The molecule has 3 heteroatoms. The van der Waals surface area contributed by atoms with Crippen molar-refractivity contribution >= 4 is 11.6 Å². The van der Waals surface area contributed by atoms with Gasteiger partial charge in [0.05, 0.1) is 0 Å². The van der Waals surface area contributed by atoms with Crippen molar-refractivity contribution in [3.8, 4) is 0 Å². The van der Waals surface area contributed by atoms with Crippen molar-refractivity contribution in [2.24, 2.45) is 5.10 Å². The molecule has 1 N–H and O–H groups in total. The number of carbonyl (C=O) groups excluding carboxylic acids is 1. The highest BCUT2D eigenvalue weighted by atomic mass is 16.2. The van der Waals surface area contributed by atoms with Crippen LogP contribution in [0.5, 0.6) is 0 Å². The summed E-state index contributed by atoms with van der Waals surface area (Å²) in [4.78, 5) is 11.2. The molecule has 0 saturated carbocycles. The Hall–Kier alpha value is -0.860. The Morgan fingerprint density at radius 3 is 2.36 bits per heavy atom. The van der Waals surface area contributed by atoms with Gasteiger partial charge in [0.15, 0.2) is 0 Å². The van der Waals surface area contributed by atoms with Crippen LogP contribution in [0.4, 0.5) is 0 Å². The number of hydrogen-bond acceptors (Lipinski definition) is 2. The van der Waals surface area contributed by atoms with E-state index in [2.05, 4.69) is 17.5 Å². The van der Waals surface area contributed by atoms with E-state index in [1.807, 2.05) is 13.8 Å². The highest BCUT2D eigenvalue weighted by Crippen LogP contribution is 2.04. The molecule has 0 fully saturated rings. The van der Waals surface area contributed by atoms with Gasteiger partial charge in [0.1, 0.15) is 0 Å². The third-order valence-corrected chi connectivity index (χ3v) is 1.91. The van der Waals surface area contributed by atoms with Crippen LogP contribution < -0.4 is 5.43 Å². The fraction of sp³-hybridized carbons (Fsp3) is 0.818. The molecule has 3 nitrogen and oxygen atoms in total. The van der Waals surface area contributed by atoms with Gasteiger partial charge in [-0.05, 0) is 20.3 Å². The fourth-order valence-electron chi connectivity index (χ4n) is 1.12. The SMILES string of the molecule is CCCCCCCC(=O)NN=C(C)C. The Balaban J connectivity index is 3.32. The first-order chi connectivity index (χ1) is 6.66. The van der Waals surface area contributed by atoms with Gasteiger partial charge >= 0.3 is 0 Å². The zero-order valence-electron chi connectivity index (χ0n) is 9.60. The van der Waals surface area contributed by atoms with Crippen molar-refractivity contribution in [3.63, 3.8) is 0 Å². The van der Waals surface area contributed by atoms with E-state index in [0.29, 0.717) is 6.42 Å². The molecule has 0 aliphatic rings. The van der Waals surface area contributed by atoms with Gasteiger partial charge in [-0.1, -0.05) is 32.6 Å². The van der Waals surface area contributed by atoms with E-state index < -0.39 is 0 Å². The lowest BCUT2D eigenvalue weighted by molar-refractivity contribution is -0.121. The first-order valence-corrected chi connectivity index (χ1v) is 5.46. The minimum Gasteiger partial charge on any atom is -0.273 e. The summed E-state index contributed by atoms with van der Waals surface area (Å²) in [5.41, 5.74) is 3.40. The van der Waals surface area contributed by atoms with Gasteiger partial charge in [0.25, 0.3) is 0 Å². The highest BCUT2D eigenvalue weighted by molar-refractivity contribution is 5.82. The summed E-state index contributed by atoms with van der Waals surface area (Å²) in [5.74, 6) is 0.0303. The fourth-order valence-corrected chi connectivity index (χ4v) is 1.12. The lowest BCUT2D eigenvalue weighted by atomic mass is 10.1. The van der Waals surface area contributed by atoms with E-state index >= 15 is 0 Å². The van der Waals surface area contributed by atoms with Crippen LogP contribution in [-0.2, 0) is 4.79 Å². The van der Waals surface area contributed by atoms with Crippen LogP contribution in [0.1, 0.15) is 59.3 Å². The third-order valence-electron chi connectivity index (χ3n) is 1.91. The Morgan fingerprint density at radius 2 is 1.79 bits per heavy atom. The predicted molar refractivity (Wildman–Crippen MR) is 60.3 cm³/mol. The van der Waals surface area contributed by atoms with E-state index in [1.54, 1.807) is 0 Å². The van der Waals surface area contributed by atoms with Crippen molar-refractivity contribution in [1.82, 2.24) is 5.43 Å². The largest absolute Gasteiger partial charge is 0.273 e. The van der Waals surface area contributed by atoms with Crippen LogP contribution in [0.2, 0.25) is 0 Å². The monoisotopic (exact) mass is 198 g/mol. The molecule has 0 aliphatic heterocycles.